The van der Waals surface area contributed by atoms with Crippen LogP contribution in [-0.4, -0.2) is 24.4 Å². The lowest BCUT2D eigenvalue weighted by Gasteiger charge is -2.10. The van der Waals surface area contributed by atoms with Crippen molar-refractivity contribution in [3.8, 4) is 11.5 Å². The minimum atomic E-state index is -0.460. The Morgan fingerprint density at radius 1 is 0.848 bits per heavy atom. The summed E-state index contributed by atoms with van der Waals surface area (Å²) in [6.45, 7) is 3.72. The fourth-order valence-electron chi connectivity index (χ4n) is 3.10. The third-order valence-electron chi connectivity index (χ3n) is 4.66. The van der Waals surface area contributed by atoms with Crippen molar-refractivity contribution in [2.75, 3.05) is 17.2 Å². The van der Waals surface area contributed by atoms with E-state index in [1.54, 1.807) is 42.5 Å². The molecule has 0 atom stereocenters. The first-order valence-corrected chi connectivity index (χ1v) is 10.6. The number of carbonyl (C=O) groups excluding carboxylic acids is 3. The van der Waals surface area contributed by atoms with Crippen LogP contribution in [0.4, 0.5) is 11.4 Å². The molecule has 3 aromatic carbocycles. The molecule has 7 heteroatoms. The average Bonchev–Trinajstić information content (AvgIpc) is 2.78. The standard InChI is InChI=1S/C26H26N2O5/c1-18-8-3-4-13-24(18)32-15-7-14-25(30)27-21-10-6-11-22(17-21)28-26(31)20-9-5-12-23(16-20)33-19(2)29/h3-6,8-13,16-17H,7,14-15H2,1-2H3,(H,27,30)(H,28,31). The van der Waals surface area contributed by atoms with Crippen LogP contribution in [0.5, 0.6) is 11.5 Å². The van der Waals surface area contributed by atoms with E-state index in [0.717, 1.165) is 11.3 Å². The van der Waals surface area contributed by atoms with Gasteiger partial charge in [-0.1, -0.05) is 30.3 Å². The molecule has 0 aliphatic heterocycles. The number of nitrogens with one attached hydrogen (secondary N) is 2. The number of rotatable bonds is 9. The zero-order valence-electron chi connectivity index (χ0n) is 18.6. The van der Waals surface area contributed by atoms with Gasteiger partial charge in [0.1, 0.15) is 11.5 Å². The molecule has 0 aliphatic carbocycles. The second kappa shape index (κ2) is 11.5. The van der Waals surface area contributed by atoms with E-state index in [9.17, 15) is 14.4 Å². The molecule has 170 valence electrons. The van der Waals surface area contributed by atoms with Gasteiger partial charge in [-0.05, 0) is 61.4 Å². The van der Waals surface area contributed by atoms with Crippen molar-refractivity contribution >= 4 is 29.2 Å². The van der Waals surface area contributed by atoms with Crippen LogP contribution >= 0.6 is 0 Å². The summed E-state index contributed by atoms with van der Waals surface area (Å²) in [5, 5.41) is 5.61. The maximum absolute atomic E-state index is 12.5. The molecule has 3 rings (SSSR count). The van der Waals surface area contributed by atoms with Crippen LogP contribution in [0.1, 0.15) is 35.7 Å². The van der Waals surface area contributed by atoms with E-state index < -0.39 is 5.97 Å². The number of hydrogen-bond donors (Lipinski definition) is 2. The molecule has 33 heavy (non-hydrogen) atoms. The lowest BCUT2D eigenvalue weighted by atomic mass is 10.2. The molecule has 2 N–H and O–H groups in total. The lowest BCUT2D eigenvalue weighted by Crippen LogP contribution is -2.14. The minimum absolute atomic E-state index is 0.138. The van der Waals surface area contributed by atoms with E-state index in [4.69, 9.17) is 9.47 Å². The Bertz CT molecular complexity index is 1140. The topological polar surface area (TPSA) is 93.7 Å². The molecule has 0 aromatic heterocycles. The van der Waals surface area contributed by atoms with E-state index in [1.807, 2.05) is 31.2 Å². The first kappa shape index (κ1) is 23.5. The minimum Gasteiger partial charge on any atom is -0.493 e. The summed E-state index contributed by atoms with van der Waals surface area (Å²) < 4.78 is 10.7. The summed E-state index contributed by atoms with van der Waals surface area (Å²) in [7, 11) is 0. The molecule has 7 nitrogen and oxygen atoms in total. The van der Waals surface area contributed by atoms with E-state index in [0.29, 0.717) is 42.1 Å². The first-order chi connectivity index (χ1) is 15.9. The quantitative estimate of drug-likeness (QED) is 0.275. The highest BCUT2D eigenvalue weighted by molar-refractivity contribution is 6.05. The highest BCUT2D eigenvalue weighted by atomic mass is 16.5. The summed E-state index contributed by atoms with van der Waals surface area (Å²) in [4.78, 5) is 35.9. The molecule has 0 radical (unpaired) electrons. The van der Waals surface area contributed by atoms with Gasteiger partial charge in [0.25, 0.3) is 5.91 Å². The maximum Gasteiger partial charge on any atom is 0.308 e. The fraction of sp³-hybridized carbons (Fsp3) is 0.192. The average molecular weight is 447 g/mol. The largest absolute Gasteiger partial charge is 0.493 e. The smallest absolute Gasteiger partial charge is 0.308 e. The van der Waals surface area contributed by atoms with Gasteiger partial charge in [-0.2, -0.15) is 0 Å². The van der Waals surface area contributed by atoms with Gasteiger partial charge in [-0.15, -0.1) is 0 Å². The molecule has 0 spiro atoms. The van der Waals surface area contributed by atoms with Crippen molar-refractivity contribution in [3.05, 3.63) is 83.9 Å². The van der Waals surface area contributed by atoms with Crippen molar-refractivity contribution in [3.63, 3.8) is 0 Å². The summed E-state index contributed by atoms with van der Waals surface area (Å²) in [6.07, 6.45) is 0.890. The number of amides is 2. The van der Waals surface area contributed by atoms with Crippen molar-refractivity contribution in [1.82, 2.24) is 0 Å². The Morgan fingerprint density at radius 3 is 2.33 bits per heavy atom. The Labute approximate surface area is 192 Å². The molecule has 0 aliphatic rings. The molecule has 3 aromatic rings. The van der Waals surface area contributed by atoms with Gasteiger partial charge in [0.05, 0.1) is 6.61 Å². The number of aryl methyl sites for hydroxylation is 1. The second-order valence-electron chi connectivity index (χ2n) is 7.42. The number of carbonyl (C=O) groups is 3. The normalized spacial score (nSPS) is 10.2. The van der Waals surface area contributed by atoms with Crippen LogP contribution in [0.2, 0.25) is 0 Å². The molecule has 0 saturated heterocycles. The Morgan fingerprint density at radius 2 is 1.58 bits per heavy atom. The molecule has 0 heterocycles. The van der Waals surface area contributed by atoms with E-state index in [-0.39, 0.29) is 11.8 Å². The SMILES string of the molecule is CC(=O)Oc1cccc(C(=O)Nc2cccc(NC(=O)CCCOc3ccccc3C)c2)c1. The highest BCUT2D eigenvalue weighted by Crippen LogP contribution is 2.19. The number of benzene rings is 3. The molecule has 2 amide bonds. The van der Waals surface area contributed by atoms with E-state index >= 15 is 0 Å². The van der Waals surface area contributed by atoms with Crippen LogP contribution < -0.4 is 20.1 Å². The predicted molar refractivity (Wildman–Crippen MR) is 127 cm³/mol. The predicted octanol–water partition coefficient (Wildman–Crippen LogP) is 4.97. The third kappa shape index (κ3) is 7.50. The zero-order chi connectivity index (χ0) is 23.6. The summed E-state index contributed by atoms with van der Waals surface area (Å²) >= 11 is 0. The van der Waals surface area contributed by atoms with Gasteiger partial charge >= 0.3 is 5.97 Å². The van der Waals surface area contributed by atoms with Crippen LogP contribution in [0.25, 0.3) is 0 Å². The molecular formula is C26H26N2O5. The number of hydrogen-bond acceptors (Lipinski definition) is 5. The first-order valence-electron chi connectivity index (χ1n) is 10.6. The van der Waals surface area contributed by atoms with Gasteiger partial charge in [0, 0.05) is 30.3 Å². The fourth-order valence-corrected chi connectivity index (χ4v) is 3.10. The molecular weight excluding hydrogens is 420 g/mol. The molecule has 0 fully saturated rings. The van der Waals surface area contributed by atoms with E-state index in [1.165, 1.54) is 13.0 Å². The molecule has 0 saturated carbocycles. The van der Waals surface area contributed by atoms with Crippen LogP contribution in [0.15, 0.2) is 72.8 Å². The van der Waals surface area contributed by atoms with Gasteiger partial charge in [0.15, 0.2) is 0 Å². The lowest BCUT2D eigenvalue weighted by molar-refractivity contribution is -0.131. The van der Waals surface area contributed by atoms with Gasteiger partial charge < -0.3 is 20.1 Å². The monoisotopic (exact) mass is 446 g/mol. The van der Waals surface area contributed by atoms with Crippen LogP contribution in [0, 0.1) is 6.92 Å². The molecule has 0 bridgehead atoms. The second-order valence-corrected chi connectivity index (χ2v) is 7.42. The highest BCUT2D eigenvalue weighted by Gasteiger charge is 2.10. The Hall–Kier alpha value is -4.13. The molecule has 0 unspecified atom stereocenters. The van der Waals surface area contributed by atoms with Gasteiger partial charge in [0.2, 0.25) is 5.91 Å². The van der Waals surface area contributed by atoms with Crippen LogP contribution in [-0.2, 0) is 9.59 Å². The maximum atomic E-state index is 12.5. The van der Waals surface area contributed by atoms with Crippen molar-refractivity contribution in [1.29, 1.82) is 0 Å². The van der Waals surface area contributed by atoms with Crippen LogP contribution in [0.3, 0.4) is 0 Å². The third-order valence-corrected chi connectivity index (χ3v) is 4.66. The van der Waals surface area contributed by atoms with Crippen molar-refractivity contribution in [2.45, 2.75) is 26.7 Å². The Kier molecular flexibility index (Phi) is 8.18. The van der Waals surface area contributed by atoms with Gasteiger partial charge in [-0.25, -0.2) is 0 Å². The summed E-state index contributed by atoms with van der Waals surface area (Å²) in [5.41, 5.74) is 2.50. The summed E-state index contributed by atoms with van der Waals surface area (Å²) in [6, 6.07) is 21.0. The van der Waals surface area contributed by atoms with Crippen molar-refractivity contribution in [2.24, 2.45) is 0 Å². The van der Waals surface area contributed by atoms with Crippen molar-refractivity contribution < 1.29 is 23.9 Å². The number of anilines is 2. The van der Waals surface area contributed by atoms with Gasteiger partial charge in [-0.3, -0.25) is 14.4 Å². The Balaban J connectivity index is 1.50. The van der Waals surface area contributed by atoms with E-state index in [2.05, 4.69) is 10.6 Å². The number of para-hydroxylation sites is 1. The number of esters is 1. The zero-order valence-corrected chi connectivity index (χ0v) is 18.6. The number of ether oxygens (including phenoxy) is 2. The summed E-state index contributed by atoms with van der Waals surface area (Å²) in [5.74, 6) is 0.154.